The number of benzene rings is 2. The quantitative estimate of drug-likeness (QED) is 0.177. The molecule has 0 atom stereocenters. The summed E-state index contributed by atoms with van der Waals surface area (Å²) in [4.78, 5) is 17.2. The molecule has 7 nitrogen and oxygen atoms in total. The number of carbonyl (C=O) groups is 1. The number of nitrogens with zero attached hydrogens (tertiary/aromatic N) is 5. The van der Waals surface area contributed by atoms with Gasteiger partial charge >= 0.3 is 0 Å². The van der Waals surface area contributed by atoms with Crippen molar-refractivity contribution in [3.63, 3.8) is 0 Å². The van der Waals surface area contributed by atoms with E-state index in [4.69, 9.17) is 0 Å². The summed E-state index contributed by atoms with van der Waals surface area (Å²) >= 11 is 0. The zero-order chi connectivity index (χ0) is 27.1. The lowest BCUT2D eigenvalue weighted by Crippen LogP contribution is -2.12. The molecular formula is C24H13F7N6O. The Bertz CT molecular complexity index is 1680. The molecule has 1 amide bonds. The largest absolute Gasteiger partial charge is 0.319 e. The SMILES string of the molecule is O=C(Nc1cnn(Cc2c(F)cc(F)c(F)c2F)c1)c1cnn2c(C(F)F)cc(-c3ccc(F)cc3)nc12. The van der Waals surface area contributed by atoms with Crippen molar-refractivity contribution >= 4 is 17.2 Å². The van der Waals surface area contributed by atoms with Gasteiger partial charge in [-0.2, -0.15) is 10.2 Å². The number of anilines is 1. The van der Waals surface area contributed by atoms with Gasteiger partial charge in [0.15, 0.2) is 23.1 Å². The number of fused-ring (bicyclic) bond motifs is 1. The van der Waals surface area contributed by atoms with Crippen LogP contribution in [0.3, 0.4) is 0 Å². The van der Waals surface area contributed by atoms with Crippen LogP contribution in [0.1, 0.15) is 28.0 Å². The van der Waals surface area contributed by atoms with Gasteiger partial charge in [0.2, 0.25) is 0 Å². The van der Waals surface area contributed by atoms with Crippen LogP contribution in [0.5, 0.6) is 0 Å². The fourth-order valence-corrected chi connectivity index (χ4v) is 3.69. The molecular weight excluding hydrogens is 521 g/mol. The number of hydrogen-bond donors (Lipinski definition) is 1. The van der Waals surface area contributed by atoms with E-state index in [1.54, 1.807) is 0 Å². The summed E-state index contributed by atoms with van der Waals surface area (Å²) in [5.41, 5.74) is -1.35. The van der Waals surface area contributed by atoms with E-state index in [1.807, 2.05) is 0 Å². The van der Waals surface area contributed by atoms with Crippen molar-refractivity contribution < 1.29 is 35.5 Å². The van der Waals surface area contributed by atoms with E-state index >= 15 is 0 Å². The molecule has 3 heterocycles. The van der Waals surface area contributed by atoms with E-state index in [0.717, 1.165) is 46.0 Å². The number of carbonyl (C=O) groups excluding carboxylic acids is 1. The smallest absolute Gasteiger partial charge is 0.280 e. The lowest BCUT2D eigenvalue weighted by Gasteiger charge is -2.08. The van der Waals surface area contributed by atoms with Crippen LogP contribution >= 0.6 is 0 Å². The zero-order valence-electron chi connectivity index (χ0n) is 18.8. The van der Waals surface area contributed by atoms with E-state index in [2.05, 4.69) is 20.5 Å². The van der Waals surface area contributed by atoms with E-state index in [9.17, 15) is 35.5 Å². The second-order valence-corrected chi connectivity index (χ2v) is 7.99. The Kier molecular flexibility index (Phi) is 6.30. The number of hydrogen-bond acceptors (Lipinski definition) is 4. The monoisotopic (exact) mass is 534 g/mol. The highest BCUT2D eigenvalue weighted by atomic mass is 19.3. The van der Waals surface area contributed by atoms with Gasteiger partial charge in [0.25, 0.3) is 12.3 Å². The van der Waals surface area contributed by atoms with Gasteiger partial charge in [0.05, 0.1) is 30.3 Å². The minimum Gasteiger partial charge on any atom is -0.319 e. The number of rotatable bonds is 6. The lowest BCUT2D eigenvalue weighted by atomic mass is 10.1. The van der Waals surface area contributed by atoms with Crippen molar-refractivity contribution in [3.8, 4) is 11.3 Å². The zero-order valence-corrected chi connectivity index (χ0v) is 18.8. The highest BCUT2D eigenvalue weighted by Gasteiger charge is 2.23. The normalized spacial score (nSPS) is 11.5. The Balaban J connectivity index is 1.44. The maximum Gasteiger partial charge on any atom is 0.280 e. The summed E-state index contributed by atoms with van der Waals surface area (Å²) in [5.74, 6) is -7.93. The van der Waals surface area contributed by atoms with E-state index in [0.29, 0.717) is 5.56 Å². The maximum atomic E-state index is 14.0. The molecule has 2 aromatic carbocycles. The molecule has 38 heavy (non-hydrogen) atoms. The van der Waals surface area contributed by atoms with Crippen LogP contribution in [-0.2, 0) is 6.54 Å². The summed E-state index contributed by atoms with van der Waals surface area (Å²) < 4.78 is 97.1. The molecule has 0 aliphatic heterocycles. The Morgan fingerprint density at radius 3 is 2.37 bits per heavy atom. The Morgan fingerprint density at radius 1 is 0.921 bits per heavy atom. The summed E-state index contributed by atoms with van der Waals surface area (Å²) in [7, 11) is 0. The average Bonchev–Trinajstić information content (AvgIpc) is 3.51. The predicted molar refractivity (Wildman–Crippen MR) is 119 cm³/mol. The molecule has 0 bridgehead atoms. The minimum atomic E-state index is -2.98. The fraction of sp³-hybridized carbons (Fsp3) is 0.0833. The third-order valence-electron chi connectivity index (χ3n) is 5.53. The first-order valence-electron chi connectivity index (χ1n) is 10.7. The molecule has 0 aliphatic rings. The number of amides is 1. The van der Waals surface area contributed by atoms with E-state index in [1.165, 1.54) is 12.1 Å². The van der Waals surface area contributed by atoms with E-state index < -0.39 is 59.2 Å². The molecule has 0 radical (unpaired) electrons. The second kappa shape index (κ2) is 9.61. The number of aromatic nitrogens is 5. The topological polar surface area (TPSA) is 77.1 Å². The molecule has 194 valence electrons. The summed E-state index contributed by atoms with van der Waals surface area (Å²) in [5, 5.41) is 10.1. The Hall–Kier alpha value is -4.75. The molecule has 5 aromatic rings. The molecule has 3 aromatic heterocycles. The molecule has 0 fully saturated rings. The first-order valence-corrected chi connectivity index (χ1v) is 10.7. The maximum absolute atomic E-state index is 14.0. The van der Waals surface area contributed by atoms with Crippen molar-refractivity contribution in [2.75, 3.05) is 5.32 Å². The highest BCUT2D eigenvalue weighted by Crippen LogP contribution is 2.27. The van der Waals surface area contributed by atoms with Gasteiger partial charge in [-0.15, -0.1) is 0 Å². The molecule has 5 rings (SSSR count). The van der Waals surface area contributed by atoms with Gasteiger partial charge < -0.3 is 5.32 Å². The standard InChI is InChI=1S/C24H13F7N6O/c25-12-3-1-11(2-4-12)18-6-19(22(30)31)37-23(35-18)14(8-33-37)24(38)34-13-7-32-36(9-13)10-15-16(26)5-17(27)21(29)20(15)28/h1-9,22H,10H2,(H,34,38). The second-order valence-electron chi connectivity index (χ2n) is 7.99. The van der Waals surface area contributed by atoms with Crippen LogP contribution < -0.4 is 5.32 Å². The van der Waals surface area contributed by atoms with Gasteiger partial charge in [-0.1, -0.05) is 0 Å². The summed E-state index contributed by atoms with van der Waals surface area (Å²) in [6, 6.07) is 6.21. The van der Waals surface area contributed by atoms with Gasteiger partial charge in [-0.05, 0) is 30.3 Å². The molecule has 0 saturated heterocycles. The predicted octanol–water partition coefficient (Wildman–Crippen LogP) is 5.53. The highest BCUT2D eigenvalue weighted by molar-refractivity contribution is 6.08. The van der Waals surface area contributed by atoms with Gasteiger partial charge in [0.1, 0.15) is 22.9 Å². The number of halogens is 7. The van der Waals surface area contributed by atoms with Crippen LogP contribution in [0.25, 0.3) is 16.9 Å². The Labute approximate surface area is 208 Å². The van der Waals surface area contributed by atoms with Crippen LogP contribution in [0.4, 0.5) is 36.4 Å². The van der Waals surface area contributed by atoms with Crippen LogP contribution in [-0.4, -0.2) is 30.3 Å². The number of alkyl halides is 2. The van der Waals surface area contributed by atoms with Crippen LogP contribution in [0, 0.1) is 29.1 Å². The first kappa shape index (κ1) is 24.9. The molecule has 14 heteroatoms. The van der Waals surface area contributed by atoms with Gasteiger partial charge in [-0.3, -0.25) is 9.48 Å². The van der Waals surface area contributed by atoms with Crippen molar-refractivity contribution in [2.24, 2.45) is 0 Å². The van der Waals surface area contributed by atoms with E-state index in [-0.39, 0.29) is 28.7 Å². The molecule has 0 spiro atoms. The summed E-state index contributed by atoms with van der Waals surface area (Å²) in [6.45, 7) is -0.623. The van der Waals surface area contributed by atoms with Crippen LogP contribution in [0.2, 0.25) is 0 Å². The van der Waals surface area contributed by atoms with Crippen molar-refractivity contribution in [1.82, 2.24) is 24.4 Å². The molecule has 0 saturated carbocycles. The minimum absolute atomic E-state index is 0.0292. The fourth-order valence-electron chi connectivity index (χ4n) is 3.69. The lowest BCUT2D eigenvalue weighted by molar-refractivity contribution is 0.102. The van der Waals surface area contributed by atoms with Crippen molar-refractivity contribution in [1.29, 1.82) is 0 Å². The first-order chi connectivity index (χ1) is 18.1. The van der Waals surface area contributed by atoms with Crippen molar-refractivity contribution in [3.05, 3.63) is 101 Å². The average molecular weight is 534 g/mol. The number of nitrogens with one attached hydrogen (secondary N) is 1. The molecule has 0 aliphatic carbocycles. The van der Waals surface area contributed by atoms with Gasteiger partial charge in [0, 0.05) is 23.4 Å². The van der Waals surface area contributed by atoms with Gasteiger partial charge in [-0.25, -0.2) is 40.2 Å². The third kappa shape index (κ3) is 4.55. The summed E-state index contributed by atoms with van der Waals surface area (Å²) in [6.07, 6.45) is 0.312. The molecule has 0 unspecified atom stereocenters. The van der Waals surface area contributed by atoms with Crippen LogP contribution in [0.15, 0.2) is 55.0 Å². The molecule has 1 N–H and O–H groups in total. The van der Waals surface area contributed by atoms with Crippen molar-refractivity contribution in [2.45, 2.75) is 13.0 Å². The third-order valence-corrected chi connectivity index (χ3v) is 5.53. The Morgan fingerprint density at radius 2 is 1.66 bits per heavy atom.